The summed E-state index contributed by atoms with van der Waals surface area (Å²) >= 11 is 9.45. The third-order valence-corrected chi connectivity index (χ3v) is 1.64. The van der Waals surface area contributed by atoms with Gasteiger partial charge >= 0.3 is 0 Å². The molecular formula is C7H10N5S2-. The average molecular weight is 228 g/mol. The van der Waals surface area contributed by atoms with Crippen molar-refractivity contribution in [2.45, 2.75) is 6.92 Å². The van der Waals surface area contributed by atoms with Gasteiger partial charge < -0.3 is 36.0 Å². The van der Waals surface area contributed by atoms with Crippen LogP contribution in [0.1, 0.15) is 5.69 Å². The number of anilines is 2. The molecule has 1 heterocycles. The molecule has 5 nitrogen and oxygen atoms in total. The zero-order valence-electron chi connectivity index (χ0n) is 7.81. The van der Waals surface area contributed by atoms with Gasteiger partial charge in [-0.2, -0.15) is 4.98 Å². The van der Waals surface area contributed by atoms with Crippen molar-refractivity contribution in [2.75, 3.05) is 17.8 Å². The Bertz CT molecular complexity index is 334. The molecule has 1 rings (SSSR count). The summed E-state index contributed by atoms with van der Waals surface area (Å²) < 4.78 is 0.252. The van der Waals surface area contributed by atoms with E-state index in [1.54, 1.807) is 18.1 Å². The van der Waals surface area contributed by atoms with Crippen LogP contribution >= 0.6 is 12.2 Å². The highest BCUT2D eigenvalue weighted by Crippen LogP contribution is 2.09. The van der Waals surface area contributed by atoms with Crippen LogP contribution in [0.3, 0.4) is 0 Å². The Kier molecular flexibility index (Phi) is 3.37. The molecule has 0 bridgehead atoms. The minimum atomic E-state index is 0.226. The van der Waals surface area contributed by atoms with E-state index in [-0.39, 0.29) is 10.3 Å². The molecule has 0 aliphatic carbocycles. The maximum atomic E-state index is 5.49. The molecule has 1 aromatic heterocycles. The molecule has 0 saturated carbocycles. The van der Waals surface area contributed by atoms with Gasteiger partial charge in [-0.15, -0.1) is 0 Å². The van der Waals surface area contributed by atoms with Crippen LogP contribution in [0.4, 0.5) is 11.8 Å². The minimum Gasteiger partial charge on any atom is -0.410 e. The lowest BCUT2D eigenvalue weighted by atomic mass is 10.4. The molecule has 0 aliphatic heterocycles. The maximum absolute atomic E-state index is 5.49. The predicted octanol–water partition coefficient (Wildman–Crippen LogP) is 0.140. The number of nitrogens with two attached hydrogens (primary N) is 1. The summed E-state index contributed by atoms with van der Waals surface area (Å²) in [5.41, 5.74) is 9.03. The number of hydrazine groups is 1. The van der Waals surface area contributed by atoms with Crippen LogP contribution in [0, 0.1) is 6.92 Å². The van der Waals surface area contributed by atoms with Crippen molar-refractivity contribution >= 4 is 40.9 Å². The summed E-state index contributed by atoms with van der Waals surface area (Å²) in [5.74, 6) is 0.853. The lowest BCUT2D eigenvalue weighted by Crippen LogP contribution is -2.38. The molecule has 0 unspecified atom stereocenters. The fraction of sp³-hybridized carbons (Fsp3) is 0.286. The zero-order chi connectivity index (χ0) is 10.7. The van der Waals surface area contributed by atoms with Crippen molar-refractivity contribution in [3.63, 3.8) is 0 Å². The molecule has 0 amide bonds. The van der Waals surface area contributed by atoms with Crippen LogP contribution in [0.2, 0.25) is 0 Å². The van der Waals surface area contributed by atoms with Crippen molar-refractivity contribution in [3.05, 3.63) is 11.8 Å². The molecule has 0 radical (unpaired) electrons. The number of thiocarbonyl (C=S) groups is 1. The van der Waals surface area contributed by atoms with Gasteiger partial charge in [-0.3, -0.25) is 5.01 Å². The summed E-state index contributed by atoms with van der Waals surface area (Å²) in [7, 11) is 1.75. The monoisotopic (exact) mass is 228 g/mol. The number of rotatable bonds is 2. The van der Waals surface area contributed by atoms with Crippen molar-refractivity contribution in [2.24, 2.45) is 0 Å². The smallest absolute Gasteiger partial charge is 0.222 e. The molecular weight excluding hydrogens is 218 g/mol. The van der Waals surface area contributed by atoms with Crippen LogP contribution in [-0.2, 0) is 12.6 Å². The van der Waals surface area contributed by atoms with Crippen LogP contribution in [0.25, 0.3) is 0 Å². The number of nitrogen functional groups attached to an aromatic ring is 1. The van der Waals surface area contributed by atoms with E-state index in [2.05, 4.69) is 15.4 Å². The summed E-state index contributed by atoms with van der Waals surface area (Å²) in [5, 5.41) is 1.60. The van der Waals surface area contributed by atoms with Crippen LogP contribution in [0.5, 0.6) is 0 Å². The maximum Gasteiger partial charge on any atom is 0.222 e. The SMILES string of the molecule is Cc1cc(N(C)NC(=S)[S-])nc(N)n1. The lowest BCUT2D eigenvalue weighted by Gasteiger charge is -2.22. The molecule has 76 valence electrons. The third kappa shape index (κ3) is 2.93. The standard InChI is InChI=1S/C7H11N5S2/c1-4-3-5(10-6(8)9-4)12(2)11-7(13)14/h3H,1-2H3,(H2,8,9,10)(H2,11,13,14)/p-1. The van der Waals surface area contributed by atoms with Crippen molar-refractivity contribution in [1.29, 1.82) is 0 Å². The Hall–Kier alpha value is -1.21. The average Bonchev–Trinajstić information content (AvgIpc) is 2.00. The van der Waals surface area contributed by atoms with E-state index < -0.39 is 0 Å². The van der Waals surface area contributed by atoms with E-state index in [4.69, 9.17) is 30.6 Å². The van der Waals surface area contributed by atoms with Gasteiger partial charge in [0.05, 0.1) is 0 Å². The normalized spacial score (nSPS) is 9.57. The molecule has 0 aliphatic rings. The van der Waals surface area contributed by atoms with Gasteiger partial charge in [-0.1, -0.05) is 0 Å². The van der Waals surface area contributed by atoms with Crippen LogP contribution < -0.4 is 16.2 Å². The van der Waals surface area contributed by atoms with Gasteiger partial charge in [0, 0.05) is 18.8 Å². The lowest BCUT2D eigenvalue weighted by molar-refractivity contribution is 0.868. The second-order valence-corrected chi connectivity index (χ2v) is 3.76. The second kappa shape index (κ2) is 4.34. The fourth-order valence-corrected chi connectivity index (χ4v) is 1.21. The summed E-state index contributed by atoms with van der Waals surface area (Å²) in [6, 6.07) is 1.77. The summed E-state index contributed by atoms with van der Waals surface area (Å²) in [6.07, 6.45) is 0. The van der Waals surface area contributed by atoms with E-state index in [1.807, 2.05) is 6.92 Å². The number of hydrogen-bond acceptors (Lipinski definition) is 6. The van der Waals surface area contributed by atoms with Gasteiger partial charge in [0.1, 0.15) is 0 Å². The van der Waals surface area contributed by atoms with Gasteiger partial charge in [0.25, 0.3) is 0 Å². The topological polar surface area (TPSA) is 67.1 Å². The molecule has 1 aromatic rings. The van der Waals surface area contributed by atoms with Gasteiger partial charge in [0.2, 0.25) is 5.95 Å². The van der Waals surface area contributed by atoms with Crippen molar-refractivity contribution < 1.29 is 0 Å². The van der Waals surface area contributed by atoms with Crippen molar-refractivity contribution in [1.82, 2.24) is 15.4 Å². The molecule has 14 heavy (non-hydrogen) atoms. The number of hydrogen-bond donors (Lipinski definition) is 2. The first-order valence-electron chi connectivity index (χ1n) is 3.81. The fourth-order valence-electron chi connectivity index (χ4n) is 0.940. The molecule has 3 N–H and O–H groups in total. The molecule has 0 fully saturated rings. The summed E-state index contributed by atoms with van der Waals surface area (Å²) in [6.45, 7) is 1.83. The van der Waals surface area contributed by atoms with Gasteiger partial charge in [-0.05, 0) is 11.2 Å². The predicted molar refractivity (Wildman–Crippen MR) is 62.7 cm³/mol. The third-order valence-electron chi connectivity index (χ3n) is 1.46. The first kappa shape index (κ1) is 10.9. The highest BCUT2D eigenvalue weighted by atomic mass is 32.1. The molecule has 7 heteroatoms. The minimum absolute atomic E-state index is 0.226. The summed E-state index contributed by atoms with van der Waals surface area (Å²) in [4.78, 5) is 7.96. The Morgan fingerprint density at radius 3 is 2.79 bits per heavy atom. The Balaban J connectivity index is 2.89. The Labute approximate surface area is 93.1 Å². The Morgan fingerprint density at radius 1 is 1.64 bits per heavy atom. The molecule has 0 saturated heterocycles. The van der Waals surface area contributed by atoms with Crippen molar-refractivity contribution in [3.8, 4) is 0 Å². The highest BCUT2D eigenvalue weighted by Gasteiger charge is 2.03. The molecule has 0 aromatic carbocycles. The number of nitrogens with zero attached hydrogens (tertiary/aromatic N) is 3. The largest absolute Gasteiger partial charge is 0.410 e. The first-order chi connectivity index (χ1) is 6.49. The number of aryl methyl sites for hydroxylation is 1. The van der Waals surface area contributed by atoms with E-state index in [9.17, 15) is 0 Å². The van der Waals surface area contributed by atoms with E-state index >= 15 is 0 Å². The van der Waals surface area contributed by atoms with Crippen LogP contribution in [0.15, 0.2) is 6.07 Å². The highest BCUT2D eigenvalue weighted by molar-refractivity contribution is 8.00. The first-order valence-corrected chi connectivity index (χ1v) is 4.63. The molecule has 0 atom stereocenters. The zero-order valence-corrected chi connectivity index (χ0v) is 9.45. The Morgan fingerprint density at radius 2 is 2.29 bits per heavy atom. The van der Waals surface area contributed by atoms with E-state index in [1.165, 1.54) is 0 Å². The number of nitrogens with one attached hydrogen (secondary N) is 1. The van der Waals surface area contributed by atoms with E-state index in [0.717, 1.165) is 5.69 Å². The van der Waals surface area contributed by atoms with Gasteiger partial charge in [-0.25, -0.2) is 4.98 Å². The second-order valence-electron chi connectivity index (χ2n) is 2.68. The van der Waals surface area contributed by atoms with E-state index in [0.29, 0.717) is 5.82 Å². The van der Waals surface area contributed by atoms with Gasteiger partial charge in [0.15, 0.2) is 5.82 Å². The quantitative estimate of drug-likeness (QED) is 0.424. The number of aromatic nitrogens is 2. The van der Waals surface area contributed by atoms with Crippen LogP contribution in [-0.4, -0.2) is 21.3 Å². The molecule has 0 spiro atoms.